The number of ether oxygens (including phenoxy) is 1. The molecule has 0 spiro atoms. The number of oxazole rings is 1. The molecule has 2 heterocycles. The Morgan fingerprint density at radius 3 is 2.68 bits per heavy atom. The van der Waals surface area contributed by atoms with E-state index in [4.69, 9.17) is 9.15 Å². The summed E-state index contributed by atoms with van der Waals surface area (Å²) in [6.07, 6.45) is -3.62. The van der Waals surface area contributed by atoms with E-state index >= 15 is 0 Å². The van der Waals surface area contributed by atoms with E-state index in [9.17, 15) is 30.8 Å². The van der Waals surface area contributed by atoms with Crippen molar-refractivity contribution in [2.75, 3.05) is 31.6 Å². The third-order valence-corrected chi connectivity index (χ3v) is 5.83. The van der Waals surface area contributed by atoms with E-state index in [2.05, 4.69) is 10.3 Å². The van der Waals surface area contributed by atoms with E-state index in [1.54, 1.807) is 0 Å². The molecule has 0 atom stereocenters. The minimum Gasteiger partial charge on any atom is -0.431 e. The number of halogens is 4. The van der Waals surface area contributed by atoms with Crippen LogP contribution in [0.15, 0.2) is 22.8 Å². The van der Waals surface area contributed by atoms with Gasteiger partial charge in [0.1, 0.15) is 12.1 Å². The maximum Gasteiger partial charge on any atom is 0.419 e. The molecule has 1 aromatic heterocycles. The molecule has 1 aromatic carbocycles. The Hall–Kier alpha value is -2.71. The molecule has 2 N–H and O–H groups in total. The fourth-order valence-electron chi connectivity index (χ4n) is 2.77. The van der Waals surface area contributed by atoms with E-state index in [0.717, 1.165) is 10.6 Å². The van der Waals surface area contributed by atoms with Gasteiger partial charge in [-0.05, 0) is 31.0 Å². The highest BCUT2D eigenvalue weighted by atomic mass is 32.2. The van der Waals surface area contributed by atoms with Gasteiger partial charge in [0.15, 0.2) is 5.69 Å². The van der Waals surface area contributed by atoms with Crippen LogP contribution in [0.3, 0.4) is 0 Å². The first-order chi connectivity index (χ1) is 14.5. The number of hydrogen-bond donors (Lipinski definition) is 2. The number of carbonyl (C=O) groups excluding carboxylic acids is 1. The van der Waals surface area contributed by atoms with Gasteiger partial charge >= 0.3 is 16.4 Å². The monoisotopic (exact) mass is 466 g/mol. The summed E-state index contributed by atoms with van der Waals surface area (Å²) in [4.78, 5) is 16.0. The number of benzene rings is 1. The van der Waals surface area contributed by atoms with Crippen molar-refractivity contribution < 1.29 is 39.9 Å². The molecule has 1 aliphatic heterocycles. The van der Waals surface area contributed by atoms with Crippen LogP contribution in [0.25, 0.3) is 0 Å². The van der Waals surface area contributed by atoms with Crippen molar-refractivity contribution in [1.29, 1.82) is 0 Å². The minimum absolute atomic E-state index is 0.0691. The zero-order valence-electron chi connectivity index (χ0n) is 16.1. The van der Waals surface area contributed by atoms with Gasteiger partial charge in [0.2, 0.25) is 0 Å². The zero-order chi connectivity index (χ0) is 22.8. The summed E-state index contributed by atoms with van der Waals surface area (Å²) in [6, 6.07) is 0.855. The van der Waals surface area contributed by atoms with Crippen molar-refractivity contribution >= 4 is 27.8 Å². The van der Waals surface area contributed by atoms with Crippen LogP contribution in [-0.4, -0.2) is 49.9 Å². The molecule has 1 aliphatic rings. The number of alkyl halides is 3. The molecule has 170 valence electrons. The van der Waals surface area contributed by atoms with Crippen LogP contribution in [0.1, 0.15) is 28.0 Å². The largest absolute Gasteiger partial charge is 0.431 e. The smallest absolute Gasteiger partial charge is 0.419 e. The Balaban J connectivity index is 1.74. The maximum absolute atomic E-state index is 13.6. The number of anilines is 2. The molecule has 31 heavy (non-hydrogen) atoms. The third kappa shape index (κ3) is 5.51. The van der Waals surface area contributed by atoms with Gasteiger partial charge in [0, 0.05) is 25.4 Å². The summed E-state index contributed by atoms with van der Waals surface area (Å²) < 4.78 is 90.1. The SMILES string of the molecule is Cc1cc(F)c(C(F)(F)F)cc1Nc1nc(C(=O)NS(=O)(=O)N2CCCOCC2)co1. The van der Waals surface area contributed by atoms with Crippen molar-refractivity contribution in [1.82, 2.24) is 14.0 Å². The van der Waals surface area contributed by atoms with E-state index in [1.807, 2.05) is 4.72 Å². The molecule has 0 radical (unpaired) electrons. The lowest BCUT2D eigenvalue weighted by Gasteiger charge is -2.18. The summed E-state index contributed by atoms with van der Waals surface area (Å²) in [5, 5.41) is 2.42. The fourth-order valence-corrected chi connectivity index (χ4v) is 3.93. The molecule has 1 amide bonds. The molecule has 0 bridgehead atoms. The average Bonchev–Trinajstić information content (AvgIpc) is 2.94. The van der Waals surface area contributed by atoms with E-state index in [-0.39, 0.29) is 37.0 Å². The predicted octanol–water partition coefficient (Wildman–Crippen LogP) is 2.58. The second kappa shape index (κ2) is 8.80. The molecular formula is C17H18F4N4O5S. The van der Waals surface area contributed by atoms with E-state index in [0.29, 0.717) is 25.2 Å². The molecule has 0 aliphatic carbocycles. The number of aromatic nitrogens is 1. The van der Waals surface area contributed by atoms with Crippen LogP contribution in [0.5, 0.6) is 0 Å². The van der Waals surface area contributed by atoms with Crippen molar-refractivity contribution in [2.45, 2.75) is 19.5 Å². The standard InChI is InChI=1S/C17H18F4N4O5S/c1-10-7-12(18)11(17(19,20)21)8-13(10)22-16-23-14(9-30-16)15(26)24-31(27,28)25-3-2-5-29-6-4-25/h7-9H,2-6H2,1H3,(H,22,23)(H,24,26). The van der Waals surface area contributed by atoms with Gasteiger partial charge in [-0.2, -0.15) is 30.9 Å². The summed E-state index contributed by atoms with van der Waals surface area (Å²) >= 11 is 0. The average molecular weight is 466 g/mol. The lowest BCUT2D eigenvalue weighted by atomic mass is 10.1. The zero-order valence-corrected chi connectivity index (χ0v) is 16.9. The molecule has 0 saturated carbocycles. The molecule has 1 saturated heterocycles. The van der Waals surface area contributed by atoms with Gasteiger partial charge in [0.25, 0.3) is 11.9 Å². The quantitative estimate of drug-likeness (QED) is 0.651. The Morgan fingerprint density at radius 2 is 1.97 bits per heavy atom. The van der Waals surface area contributed by atoms with Gasteiger partial charge in [-0.15, -0.1) is 0 Å². The number of nitrogens with one attached hydrogen (secondary N) is 2. The van der Waals surface area contributed by atoms with Gasteiger partial charge < -0.3 is 14.5 Å². The first kappa shape index (κ1) is 23.0. The van der Waals surface area contributed by atoms with Crippen molar-refractivity contribution in [3.05, 3.63) is 41.0 Å². The summed E-state index contributed by atoms with van der Waals surface area (Å²) in [7, 11) is -4.15. The first-order valence-corrected chi connectivity index (χ1v) is 10.4. The van der Waals surface area contributed by atoms with Crippen LogP contribution in [0.2, 0.25) is 0 Å². The normalized spacial score (nSPS) is 16.0. The summed E-state index contributed by atoms with van der Waals surface area (Å²) in [6.45, 7) is 2.18. The number of hydrogen-bond acceptors (Lipinski definition) is 7. The molecule has 0 unspecified atom stereocenters. The van der Waals surface area contributed by atoms with Crippen molar-refractivity contribution in [3.63, 3.8) is 0 Å². The van der Waals surface area contributed by atoms with E-state index in [1.165, 1.54) is 6.92 Å². The van der Waals surface area contributed by atoms with Gasteiger partial charge in [-0.1, -0.05) is 0 Å². The molecule has 9 nitrogen and oxygen atoms in total. The number of aryl methyl sites for hydroxylation is 1. The Kier molecular flexibility index (Phi) is 6.52. The highest BCUT2D eigenvalue weighted by molar-refractivity contribution is 7.87. The third-order valence-electron chi connectivity index (χ3n) is 4.34. The second-order valence-corrected chi connectivity index (χ2v) is 8.28. The van der Waals surface area contributed by atoms with Crippen LogP contribution >= 0.6 is 0 Å². The molecule has 3 rings (SSSR count). The fraction of sp³-hybridized carbons (Fsp3) is 0.412. The maximum atomic E-state index is 13.6. The van der Waals surface area contributed by atoms with Crippen LogP contribution in [0, 0.1) is 12.7 Å². The minimum atomic E-state index is -4.91. The molecule has 14 heteroatoms. The summed E-state index contributed by atoms with van der Waals surface area (Å²) in [5.41, 5.74) is -1.94. The molecule has 2 aromatic rings. The van der Waals surface area contributed by atoms with Crippen molar-refractivity contribution in [3.8, 4) is 0 Å². The highest BCUT2D eigenvalue weighted by Crippen LogP contribution is 2.35. The number of nitrogens with zero attached hydrogens (tertiary/aromatic N) is 2. The Labute approximate surface area is 174 Å². The first-order valence-electron chi connectivity index (χ1n) is 8.97. The van der Waals surface area contributed by atoms with Crippen LogP contribution in [-0.2, 0) is 21.1 Å². The number of amides is 1. The Bertz CT molecular complexity index is 1060. The van der Waals surface area contributed by atoms with Gasteiger partial charge in [-0.25, -0.2) is 9.11 Å². The molecular weight excluding hydrogens is 448 g/mol. The Morgan fingerprint density at radius 1 is 1.23 bits per heavy atom. The lowest BCUT2D eigenvalue weighted by molar-refractivity contribution is -0.139. The number of rotatable bonds is 5. The highest BCUT2D eigenvalue weighted by Gasteiger charge is 2.35. The lowest BCUT2D eigenvalue weighted by Crippen LogP contribution is -2.44. The van der Waals surface area contributed by atoms with Crippen molar-refractivity contribution in [2.24, 2.45) is 0 Å². The van der Waals surface area contributed by atoms with Crippen LogP contribution < -0.4 is 10.0 Å². The van der Waals surface area contributed by atoms with Gasteiger partial charge in [0.05, 0.1) is 12.2 Å². The molecule has 1 fully saturated rings. The topological polar surface area (TPSA) is 114 Å². The van der Waals surface area contributed by atoms with Crippen LogP contribution in [0.4, 0.5) is 29.3 Å². The summed E-state index contributed by atoms with van der Waals surface area (Å²) in [5.74, 6) is -2.53. The van der Waals surface area contributed by atoms with E-state index < -0.39 is 39.4 Å². The predicted molar refractivity (Wildman–Crippen MR) is 99.3 cm³/mol. The second-order valence-electron chi connectivity index (χ2n) is 6.61. The van der Waals surface area contributed by atoms with Gasteiger partial charge in [-0.3, -0.25) is 4.79 Å². The number of carbonyl (C=O) groups is 1.